The van der Waals surface area contributed by atoms with E-state index in [-0.39, 0.29) is 12.1 Å². The van der Waals surface area contributed by atoms with Gasteiger partial charge in [-0.2, -0.15) is 0 Å². The van der Waals surface area contributed by atoms with Crippen LogP contribution >= 0.6 is 0 Å². The third-order valence-electron chi connectivity index (χ3n) is 5.84. The number of likely N-dealkylation sites (tertiary alicyclic amines) is 1. The molecule has 0 bridgehead atoms. The molecule has 2 aromatic rings. The van der Waals surface area contributed by atoms with Crippen LogP contribution in [-0.2, 0) is 11.3 Å². The first-order valence-electron chi connectivity index (χ1n) is 10.4. The van der Waals surface area contributed by atoms with Crippen molar-refractivity contribution >= 4 is 11.9 Å². The van der Waals surface area contributed by atoms with Gasteiger partial charge in [0.15, 0.2) is 0 Å². The summed E-state index contributed by atoms with van der Waals surface area (Å²) in [6.07, 6.45) is 5.37. The minimum absolute atomic E-state index is 0.0529. The number of amides is 1. The highest BCUT2D eigenvalue weighted by Gasteiger charge is 2.30. The summed E-state index contributed by atoms with van der Waals surface area (Å²) in [5.74, 6) is 1.06. The predicted octanol–water partition coefficient (Wildman–Crippen LogP) is 4.85. The van der Waals surface area contributed by atoms with Crippen LogP contribution in [0.5, 0.6) is 0 Å². The summed E-state index contributed by atoms with van der Waals surface area (Å²) in [6, 6.07) is 14.2. The third kappa shape index (κ3) is 4.13. The zero-order chi connectivity index (χ0) is 19.3. The lowest BCUT2D eigenvalue weighted by atomic mass is 9.94. The standard InChI is InChI=1S/C23H29N3O2/c1-18-20(12-13-22(24-18)25-14-7-8-15-25)21-11-5-6-16-26(21)23(27)28-17-19-9-3-2-4-10-19/h2-4,9-10,12-13,21H,5-8,11,14-17H2,1H3/t21-/m0/s1. The number of benzene rings is 1. The topological polar surface area (TPSA) is 45.7 Å². The molecule has 148 valence electrons. The minimum atomic E-state index is -0.225. The molecule has 0 aliphatic carbocycles. The van der Waals surface area contributed by atoms with Gasteiger partial charge in [0.1, 0.15) is 12.4 Å². The monoisotopic (exact) mass is 379 g/mol. The van der Waals surface area contributed by atoms with Gasteiger partial charge in [-0.25, -0.2) is 9.78 Å². The Kier molecular flexibility index (Phi) is 5.79. The van der Waals surface area contributed by atoms with Crippen molar-refractivity contribution < 1.29 is 9.53 Å². The molecule has 28 heavy (non-hydrogen) atoms. The molecular weight excluding hydrogens is 350 g/mol. The Bertz CT molecular complexity index is 803. The molecule has 2 aliphatic heterocycles. The summed E-state index contributed by atoms with van der Waals surface area (Å²) in [7, 11) is 0. The first-order chi connectivity index (χ1) is 13.7. The first-order valence-corrected chi connectivity index (χ1v) is 10.4. The Morgan fingerprint density at radius 2 is 1.79 bits per heavy atom. The summed E-state index contributed by atoms with van der Waals surface area (Å²) in [5, 5.41) is 0. The summed E-state index contributed by atoms with van der Waals surface area (Å²) in [6.45, 7) is 5.30. The number of hydrogen-bond acceptors (Lipinski definition) is 4. The smallest absolute Gasteiger partial charge is 0.410 e. The van der Waals surface area contributed by atoms with Gasteiger partial charge in [-0.1, -0.05) is 36.4 Å². The fourth-order valence-corrected chi connectivity index (χ4v) is 4.31. The normalized spacial score (nSPS) is 19.7. The van der Waals surface area contributed by atoms with Crippen molar-refractivity contribution in [2.75, 3.05) is 24.5 Å². The average molecular weight is 380 g/mol. The van der Waals surface area contributed by atoms with Gasteiger partial charge >= 0.3 is 6.09 Å². The van der Waals surface area contributed by atoms with Crippen LogP contribution in [0.25, 0.3) is 0 Å². The van der Waals surface area contributed by atoms with Crippen LogP contribution in [0.15, 0.2) is 42.5 Å². The van der Waals surface area contributed by atoms with Crippen molar-refractivity contribution in [3.8, 4) is 0 Å². The van der Waals surface area contributed by atoms with Crippen molar-refractivity contribution in [1.29, 1.82) is 0 Å². The van der Waals surface area contributed by atoms with Gasteiger partial charge in [0.25, 0.3) is 0 Å². The third-order valence-corrected chi connectivity index (χ3v) is 5.84. The number of nitrogens with zero attached hydrogens (tertiary/aromatic N) is 3. The number of carbonyl (C=O) groups excluding carboxylic acids is 1. The van der Waals surface area contributed by atoms with Gasteiger partial charge < -0.3 is 14.5 Å². The van der Waals surface area contributed by atoms with E-state index in [0.717, 1.165) is 61.5 Å². The van der Waals surface area contributed by atoms with E-state index in [0.29, 0.717) is 6.61 Å². The Morgan fingerprint density at radius 3 is 2.54 bits per heavy atom. The number of hydrogen-bond donors (Lipinski definition) is 0. The maximum absolute atomic E-state index is 12.8. The van der Waals surface area contributed by atoms with Crippen molar-refractivity contribution in [2.45, 2.75) is 51.7 Å². The van der Waals surface area contributed by atoms with Crippen molar-refractivity contribution in [1.82, 2.24) is 9.88 Å². The molecule has 5 nitrogen and oxygen atoms in total. The lowest BCUT2D eigenvalue weighted by molar-refractivity contribution is 0.0677. The molecule has 1 atom stereocenters. The summed E-state index contributed by atoms with van der Waals surface area (Å²) < 4.78 is 5.62. The van der Waals surface area contributed by atoms with Crippen LogP contribution in [0.2, 0.25) is 0 Å². The first kappa shape index (κ1) is 18.8. The van der Waals surface area contributed by atoms with E-state index in [4.69, 9.17) is 9.72 Å². The van der Waals surface area contributed by atoms with Crippen molar-refractivity contribution in [3.63, 3.8) is 0 Å². The number of ether oxygens (including phenoxy) is 1. The molecule has 4 rings (SSSR count). The summed E-state index contributed by atoms with van der Waals surface area (Å²) in [4.78, 5) is 21.9. The summed E-state index contributed by atoms with van der Waals surface area (Å²) in [5.41, 5.74) is 3.19. The molecule has 2 fully saturated rings. The van der Waals surface area contributed by atoms with Gasteiger partial charge in [-0.15, -0.1) is 0 Å². The highest BCUT2D eigenvalue weighted by molar-refractivity contribution is 5.68. The molecule has 1 amide bonds. The highest BCUT2D eigenvalue weighted by Crippen LogP contribution is 2.34. The van der Waals surface area contributed by atoms with E-state index in [1.54, 1.807) is 0 Å². The fraction of sp³-hybridized carbons (Fsp3) is 0.478. The number of carbonyl (C=O) groups is 1. The van der Waals surface area contributed by atoms with E-state index in [1.807, 2.05) is 35.2 Å². The molecule has 0 unspecified atom stereocenters. The Labute approximate surface area is 167 Å². The number of aromatic nitrogens is 1. The molecular formula is C23H29N3O2. The van der Waals surface area contributed by atoms with E-state index in [1.165, 1.54) is 12.8 Å². The maximum atomic E-state index is 12.8. The van der Waals surface area contributed by atoms with E-state index < -0.39 is 0 Å². The molecule has 0 radical (unpaired) electrons. The lowest BCUT2D eigenvalue weighted by Gasteiger charge is -2.36. The molecule has 0 N–H and O–H groups in total. The number of anilines is 1. The van der Waals surface area contributed by atoms with E-state index in [2.05, 4.69) is 24.0 Å². The number of rotatable bonds is 4. The van der Waals surface area contributed by atoms with Crippen LogP contribution in [0.4, 0.5) is 10.6 Å². The van der Waals surface area contributed by atoms with Gasteiger partial charge in [0.2, 0.25) is 0 Å². The number of piperidine rings is 1. The lowest BCUT2D eigenvalue weighted by Crippen LogP contribution is -2.39. The van der Waals surface area contributed by atoms with Gasteiger partial charge in [-0.3, -0.25) is 0 Å². The molecule has 2 aliphatic rings. The second-order valence-electron chi connectivity index (χ2n) is 7.78. The largest absolute Gasteiger partial charge is 0.445 e. The van der Waals surface area contributed by atoms with Crippen molar-refractivity contribution in [3.05, 3.63) is 59.3 Å². The number of pyridine rings is 1. The van der Waals surface area contributed by atoms with Gasteiger partial charge in [-0.05, 0) is 56.2 Å². The Hall–Kier alpha value is -2.56. The number of aryl methyl sites for hydroxylation is 1. The highest BCUT2D eigenvalue weighted by atomic mass is 16.6. The van der Waals surface area contributed by atoms with E-state index in [9.17, 15) is 4.79 Å². The molecule has 0 spiro atoms. The van der Waals surface area contributed by atoms with Gasteiger partial charge in [0.05, 0.1) is 6.04 Å². The maximum Gasteiger partial charge on any atom is 0.410 e. The zero-order valence-electron chi connectivity index (χ0n) is 16.6. The molecule has 1 aromatic carbocycles. The SMILES string of the molecule is Cc1nc(N2CCCC2)ccc1[C@@H]1CCCCN1C(=O)OCc1ccccc1. The molecule has 1 aromatic heterocycles. The minimum Gasteiger partial charge on any atom is -0.445 e. The predicted molar refractivity (Wildman–Crippen MR) is 110 cm³/mol. The average Bonchev–Trinajstić information content (AvgIpc) is 3.28. The van der Waals surface area contributed by atoms with Crippen LogP contribution in [0.1, 0.15) is 55.0 Å². The van der Waals surface area contributed by atoms with Gasteiger partial charge in [0, 0.05) is 25.3 Å². The van der Waals surface area contributed by atoms with Crippen molar-refractivity contribution in [2.24, 2.45) is 0 Å². The molecule has 5 heteroatoms. The molecule has 2 saturated heterocycles. The Balaban J connectivity index is 1.47. The van der Waals surface area contributed by atoms with Crippen LogP contribution in [-0.4, -0.2) is 35.6 Å². The second-order valence-corrected chi connectivity index (χ2v) is 7.78. The quantitative estimate of drug-likeness (QED) is 0.761. The Morgan fingerprint density at radius 1 is 1.04 bits per heavy atom. The van der Waals surface area contributed by atoms with Crippen LogP contribution < -0.4 is 4.90 Å². The molecule has 3 heterocycles. The van der Waals surface area contributed by atoms with E-state index >= 15 is 0 Å². The molecule has 0 saturated carbocycles. The zero-order valence-corrected chi connectivity index (χ0v) is 16.6. The summed E-state index contributed by atoms with van der Waals surface area (Å²) >= 11 is 0. The fourth-order valence-electron chi connectivity index (χ4n) is 4.31. The second kappa shape index (κ2) is 8.63. The van der Waals surface area contributed by atoms with Crippen LogP contribution in [0, 0.1) is 6.92 Å². The van der Waals surface area contributed by atoms with Crippen LogP contribution in [0.3, 0.4) is 0 Å².